The Morgan fingerprint density at radius 3 is 2.44 bits per heavy atom. The van der Waals surface area contributed by atoms with Gasteiger partial charge in [0.1, 0.15) is 0 Å². The average molecular weight is 251 g/mol. The quantitative estimate of drug-likeness (QED) is 0.762. The van der Waals surface area contributed by atoms with Crippen molar-refractivity contribution in [3.63, 3.8) is 0 Å². The number of nitrogens with zero attached hydrogens (tertiary/aromatic N) is 1. The number of rotatable bonds is 2. The normalized spacial score (nSPS) is 39.8. The molecule has 2 fully saturated rings. The van der Waals surface area contributed by atoms with Gasteiger partial charge in [-0.25, -0.2) is 0 Å². The lowest BCUT2D eigenvalue weighted by atomic mass is 9.73. The minimum absolute atomic E-state index is 0.334. The predicted molar refractivity (Wildman–Crippen MR) is 76.5 cm³/mol. The summed E-state index contributed by atoms with van der Waals surface area (Å²) in [7, 11) is 0. The molecule has 1 aliphatic carbocycles. The van der Waals surface area contributed by atoms with Crippen LogP contribution in [0.5, 0.6) is 0 Å². The van der Waals surface area contributed by atoms with Crippen molar-refractivity contribution >= 4 is 0 Å². The highest BCUT2D eigenvalue weighted by molar-refractivity contribution is 5.05. The first-order valence-corrected chi connectivity index (χ1v) is 7.52. The van der Waals surface area contributed by atoms with Crippen molar-refractivity contribution < 1.29 is 5.11 Å². The smallest absolute Gasteiger partial charge is 0.0774 e. The Hall–Kier alpha value is -0.340. The third-order valence-corrected chi connectivity index (χ3v) is 5.18. The molecule has 0 aromatic rings. The molecule has 2 rings (SSSR count). The second kappa shape index (κ2) is 5.34. The molecule has 0 bridgehead atoms. The van der Waals surface area contributed by atoms with Gasteiger partial charge in [-0.3, -0.25) is 4.90 Å². The van der Waals surface area contributed by atoms with Crippen LogP contribution in [0.3, 0.4) is 0 Å². The van der Waals surface area contributed by atoms with Gasteiger partial charge in [0.05, 0.1) is 5.60 Å². The fourth-order valence-corrected chi connectivity index (χ4v) is 3.60. The first kappa shape index (κ1) is 14.1. The standard InChI is InChI=1S/C16H29NO/c1-12(2)14-5-8-16(4,18)15(11-14)17-9-6-13(3)7-10-17/h13-15,18H,1,5-11H2,2-4H3. The van der Waals surface area contributed by atoms with Gasteiger partial charge in [0, 0.05) is 6.04 Å². The summed E-state index contributed by atoms with van der Waals surface area (Å²) in [5.74, 6) is 1.46. The minimum Gasteiger partial charge on any atom is -0.389 e. The van der Waals surface area contributed by atoms with E-state index in [2.05, 4.69) is 25.3 Å². The maximum Gasteiger partial charge on any atom is 0.0774 e. The van der Waals surface area contributed by atoms with Crippen molar-refractivity contribution in [1.29, 1.82) is 0 Å². The molecule has 3 unspecified atom stereocenters. The van der Waals surface area contributed by atoms with Crippen LogP contribution in [-0.2, 0) is 0 Å². The lowest BCUT2D eigenvalue weighted by Gasteiger charge is -2.48. The first-order chi connectivity index (χ1) is 8.40. The number of aliphatic hydroxyl groups is 1. The van der Waals surface area contributed by atoms with E-state index >= 15 is 0 Å². The van der Waals surface area contributed by atoms with E-state index in [-0.39, 0.29) is 0 Å². The molecule has 2 aliphatic rings. The topological polar surface area (TPSA) is 23.5 Å². The van der Waals surface area contributed by atoms with Crippen LogP contribution in [-0.4, -0.2) is 34.7 Å². The molecular weight excluding hydrogens is 222 g/mol. The maximum atomic E-state index is 10.7. The molecule has 1 aliphatic heterocycles. The SMILES string of the molecule is C=C(C)C1CCC(C)(O)C(N2CCC(C)CC2)C1. The number of piperidine rings is 1. The summed E-state index contributed by atoms with van der Waals surface area (Å²) in [6.07, 6.45) is 5.68. The van der Waals surface area contributed by atoms with Crippen molar-refractivity contribution in [3.05, 3.63) is 12.2 Å². The summed E-state index contributed by atoms with van der Waals surface area (Å²) in [4.78, 5) is 2.54. The molecule has 0 aromatic carbocycles. The lowest BCUT2D eigenvalue weighted by Crippen LogP contribution is -2.56. The average Bonchev–Trinajstić information content (AvgIpc) is 2.30. The van der Waals surface area contributed by atoms with Crippen LogP contribution in [0.1, 0.15) is 52.9 Å². The van der Waals surface area contributed by atoms with E-state index in [0.717, 1.165) is 38.3 Å². The zero-order valence-electron chi connectivity index (χ0n) is 12.3. The van der Waals surface area contributed by atoms with Crippen LogP contribution in [0.25, 0.3) is 0 Å². The Morgan fingerprint density at radius 2 is 1.89 bits per heavy atom. The Bertz CT molecular complexity index is 302. The van der Waals surface area contributed by atoms with Crippen molar-refractivity contribution in [3.8, 4) is 0 Å². The van der Waals surface area contributed by atoms with Gasteiger partial charge in [0.25, 0.3) is 0 Å². The Kier molecular flexibility index (Phi) is 4.18. The Balaban J connectivity index is 2.04. The van der Waals surface area contributed by atoms with Crippen LogP contribution >= 0.6 is 0 Å². The van der Waals surface area contributed by atoms with Crippen molar-refractivity contribution in [2.75, 3.05) is 13.1 Å². The third kappa shape index (κ3) is 2.97. The van der Waals surface area contributed by atoms with Gasteiger partial charge in [-0.05, 0) is 70.9 Å². The van der Waals surface area contributed by atoms with Gasteiger partial charge in [0.15, 0.2) is 0 Å². The summed E-state index contributed by atoms with van der Waals surface area (Å²) in [6, 6.07) is 0.334. The largest absolute Gasteiger partial charge is 0.389 e. The summed E-state index contributed by atoms with van der Waals surface area (Å²) in [5, 5.41) is 10.7. The number of hydrogen-bond donors (Lipinski definition) is 1. The number of hydrogen-bond acceptors (Lipinski definition) is 2. The summed E-state index contributed by atoms with van der Waals surface area (Å²) < 4.78 is 0. The molecule has 0 radical (unpaired) electrons. The molecule has 2 nitrogen and oxygen atoms in total. The summed E-state index contributed by atoms with van der Waals surface area (Å²) >= 11 is 0. The number of likely N-dealkylation sites (tertiary alicyclic amines) is 1. The predicted octanol–water partition coefficient (Wildman–Crippen LogP) is 3.21. The first-order valence-electron chi connectivity index (χ1n) is 7.52. The van der Waals surface area contributed by atoms with E-state index in [0.29, 0.717) is 12.0 Å². The monoisotopic (exact) mass is 251 g/mol. The van der Waals surface area contributed by atoms with E-state index in [1.807, 2.05) is 6.92 Å². The van der Waals surface area contributed by atoms with Gasteiger partial charge in [0.2, 0.25) is 0 Å². The van der Waals surface area contributed by atoms with Crippen molar-refractivity contribution in [2.45, 2.75) is 64.5 Å². The summed E-state index contributed by atoms with van der Waals surface area (Å²) in [6.45, 7) is 12.9. The van der Waals surface area contributed by atoms with E-state index < -0.39 is 5.60 Å². The molecule has 104 valence electrons. The van der Waals surface area contributed by atoms with Crippen LogP contribution < -0.4 is 0 Å². The van der Waals surface area contributed by atoms with Crippen LogP contribution in [0.15, 0.2) is 12.2 Å². The molecule has 1 saturated carbocycles. The van der Waals surface area contributed by atoms with Gasteiger partial charge in [-0.15, -0.1) is 0 Å². The van der Waals surface area contributed by atoms with Crippen LogP contribution in [0, 0.1) is 11.8 Å². The maximum absolute atomic E-state index is 10.7. The van der Waals surface area contributed by atoms with Gasteiger partial charge in [-0.1, -0.05) is 19.1 Å². The third-order valence-electron chi connectivity index (χ3n) is 5.18. The van der Waals surface area contributed by atoms with E-state index in [9.17, 15) is 5.11 Å². The number of allylic oxidation sites excluding steroid dienone is 1. The second-order valence-corrected chi connectivity index (χ2v) is 6.91. The fourth-order valence-electron chi connectivity index (χ4n) is 3.60. The fraction of sp³-hybridized carbons (Fsp3) is 0.875. The minimum atomic E-state index is -0.507. The van der Waals surface area contributed by atoms with E-state index in [1.54, 1.807) is 0 Å². The molecule has 0 amide bonds. The van der Waals surface area contributed by atoms with Crippen molar-refractivity contribution in [1.82, 2.24) is 4.90 Å². The highest BCUT2D eigenvalue weighted by atomic mass is 16.3. The lowest BCUT2D eigenvalue weighted by molar-refractivity contribution is -0.0766. The molecule has 1 saturated heterocycles. The molecule has 1 N–H and O–H groups in total. The molecule has 0 aromatic heterocycles. The molecule has 3 atom stereocenters. The van der Waals surface area contributed by atoms with E-state index in [4.69, 9.17) is 0 Å². The second-order valence-electron chi connectivity index (χ2n) is 6.91. The highest BCUT2D eigenvalue weighted by Crippen LogP contribution is 2.39. The van der Waals surface area contributed by atoms with E-state index in [1.165, 1.54) is 18.4 Å². The zero-order chi connectivity index (χ0) is 13.3. The van der Waals surface area contributed by atoms with Gasteiger partial charge >= 0.3 is 0 Å². The Labute approximate surface area is 112 Å². The van der Waals surface area contributed by atoms with Crippen LogP contribution in [0.2, 0.25) is 0 Å². The molecule has 18 heavy (non-hydrogen) atoms. The van der Waals surface area contributed by atoms with Gasteiger partial charge < -0.3 is 5.11 Å². The molecular formula is C16H29NO. The zero-order valence-corrected chi connectivity index (χ0v) is 12.3. The highest BCUT2D eigenvalue weighted by Gasteiger charge is 2.42. The molecule has 0 spiro atoms. The molecule has 1 heterocycles. The Morgan fingerprint density at radius 1 is 1.28 bits per heavy atom. The summed E-state index contributed by atoms with van der Waals surface area (Å²) in [5.41, 5.74) is 0.785. The van der Waals surface area contributed by atoms with Gasteiger partial charge in [-0.2, -0.15) is 0 Å². The molecule has 2 heteroatoms. The van der Waals surface area contributed by atoms with Crippen molar-refractivity contribution in [2.24, 2.45) is 11.8 Å². The van der Waals surface area contributed by atoms with Crippen LogP contribution in [0.4, 0.5) is 0 Å².